The van der Waals surface area contributed by atoms with Crippen LogP contribution >= 0.6 is 0 Å². The highest BCUT2D eigenvalue weighted by molar-refractivity contribution is 7.89. The molecule has 3 rings (SSSR count). The zero-order valence-corrected chi connectivity index (χ0v) is 12.1. The number of hydrogen-bond donors (Lipinski definition) is 1. The molecule has 3 unspecified atom stereocenters. The van der Waals surface area contributed by atoms with Crippen molar-refractivity contribution in [2.24, 2.45) is 17.8 Å². The fraction of sp³-hybridized carbons (Fsp3) is 0.600. The van der Waals surface area contributed by atoms with Gasteiger partial charge in [-0.3, -0.25) is 0 Å². The highest BCUT2D eigenvalue weighted by Crippen LogP contribution is 2.48. The third-order valence-corrected chi connectivity index (χ3v) is 6.19. The van der Waals surface area contributed by atoms with Crippen molar-refractivity contribution in [2.75, 3.05) is 6.54 Å². The first-order valence-electron chi connectivity index (χ1n) is 7.11. The van der Waals surface area contributed by atoms with Crippen molar-refractivity contribution in [1.29, 1.82) is 0 Å². The summed E-state index contributed by atoms with van der Waals surface area (Å²) >= 11 is 0. The highest BCUT2D eigenvalue weighted by atomic mass is 32.2. The summed E-state index contributed by atoms with van der Waals surface area (Å²) in [5, 5.41) is 0. The Bertz CT molecular complexity index is 550. The number of benzene rings is 1. The monoisotopic (exact) mass is 279 g/mol. The SMILES string of the molecule is Cc1ccc(S(=O)(=O)NCC2CC3CCC2C3)cc1. The standard InChI is InChI=1S/C15H21NO2S/c1-11-2-6-15(7-3-11)19(17,18)16-10-14-9-12-4-5-13(14)8-12/h2-3,6-7,12-14,16H,4-5,8-10H2,1H3. The van der Waals surface area contributed by atoms with Gasteiger partial charge in [0.05, 0.1) is 4.90 Å². The van der Waals surface area contributed by atoms with E-state index < -0.39 is 10.0 Å². The second-order valence-electron chi connectivity index (χ2n) is 6.10. The van der Waals surface area contributed by atoms with Gasteiger partial charge in [0.1, 0.15) is 0 Å². The van der Waals surface area contributed by atoms with E-state index >= 15 is 0 Å². The van der Waals surface area contributed by atoms with Crippen LogP contribution in [0.5, 0.6) is 0 Å². The molecule has 1 aromatic rings. The summed E-state index contributed by atoms with van der Waals surface area (Å²) in [7, 11) is -3.33. The van der Waals surface area contributed by atoms with Gasteiger partial charge in [-0.2, -0.15) is 0 Å². The maximum atomic E-state index is 12.2. The molecular formula is C15H21NO2S. The first-order valence-corrected chi connectivity index (χ1v) is 8.59. The molecule has 2 aliphatic carbocycles. The summed E-state index contributed by atoms with van der Waals surface area (Å²) in [6.45, 7) is 2.57. The second-order valence-corrected chi connectivity index (χ2v) is 7.87. The lowest BCUT2D eigenvalue weighted by Gasteiger charge is -2.21. The molecule has 4 heteroatoms. The van der Waals surface area contributed by atoms with E-state index in [1.54, 1.807) is 12.1 Å². The molecule has 2 bridgehead atoms. The Morgan fingerprint density at radius 3 is 2.47 bits per heavy atom. The molecule has 0 aliphatic heterocycles. The summed E-state index contributed by atoms with van der Waals surface area (Å²) in [6, 6.07) is 7.04. The van der Waals surface area contributed by atoms with E-state index in [2.05, 4.69) is 4.72 Å². The molecule has 3 atom stereocenters. The van der Waals surface area contributed by atoms with Gasteiger partial charge in [0.2, 0.25) is 10.0 Å². The summed E-state index contributed by atoms with van der Waals surface area (Å²) in [5.41, 5.74) is 1.08. The van der Waals surface area contributed by atoms with Crippen LogP contribution in [0.15, 0.2) is 29.2 Å². The fourth-order valence-corrected chi connectivity index (χ4v) is 4.74. The van der Waals surface area contributed by atoms with Crippen molar-refractivity contribution >= 4 is 10.0 Å². The minimum Gasteiger partial charge on any atom is -0.211 e. The van der Waals surface area contributed by atoms with Gasteiger partial charge in [0.25, 0.3) is 0 Å². The molecule has 2 saturated carbocycles. The number of rotatable bonds is 4. The molecule has 3 nitrogen and oxygen atoms in total. The summed E-state index contributed by atoms with van der Waals surface area (Å²) in [5.74, 6) is 2.17. The molecule has 0 radical (unpaired) electrons. The number of sulfonamides is 1. The average molecular weight is 279 g/mol. The first-order chi connectivity index (χ1) is 9.04. The van der Waals surface area contributed by atoms with Crippen molar-refractivity contribution in [2.45, 2.75) is 37.5 Å². The molecule has 2 aliphatic rings. The third kappa shape index (κ3) is 2.70. The van der Waals surface area contributed by atoms with Crippen molar-refractivity contribution in [3.8, 4) is 0 Å². The molecule has 104 valence electrons. The van der Waals surface area contributed by atoms with Crippen LogP contribution in [0.4, 0.5) is 0 Å². The Hall–Kier alpha value is -0.870. The van der Waals surface area contributed by atoms with Crippen LogP contribution in [0.2, 0.25) is 0 Å². The largest absolute Gasteiger partial charge is 0.240 e. The maximum absolute atomic E-state index is 12.2. The Balaban J connectivity index is 1.64. The van der Waals surface area contributed by atoms with E-state index in [9.17, 15) is 8.42 Å². The molecular weight excluding hydrogens is 258 g/mol. The zero-order chi connectivity index (χ0) is 13.5. The molecule has 19 heavy (non-hydrogen) atoms. The molecule has 1 aromatic carbocycles. The number of fused-ring (bicyclic) bond motifs is 2. The van der Waals surface area contributed by atoms with Gasteiger partial charge in [-0.1, -0.05) is 24.1 Å². The second kappa shape index (κ2) is 4.91. The molecule has 0 spiro atoms. The minimum absolute atomic E-state index is 0.376. The van der Waals surface area contributed by atoms with Gasteiger partial charge in [-0.15, -0.1) is 0 Å². The van der Waals surface area contributed by atoms with E-state index in [4.69, 9.17) is 0 Å². The average Bonchev–Trinajstić information content (AvgIpc) is 2.99. The maximum Gasteiger partial charge on any atom is 0.240 e. The number of aryl methyl sites for hydroxylation is 1. The van der Waals surface area contributed by atoms with Crippen LogP contribution in [0.25, 0.3) is 0 Å². The van der Waals surface area contributed by atoms with Crippen molar-refractivity contribution in [1.82, 2.24) is 4.72 Å². The van der Waals surface area contributed by atoms with Crippen LogP contribution in [0.3, 0.4) is 0 Å². The summed E-state index contributed by atoms with van der Waals surface area (Å²) < 4.78 is 27.2. The predicted octanol–water partition coefficient (Wildman–Crippen LogP) is 2.71. The topological polar surface area (TPSA) is 46.2 Å². The fourth-order valence-electron chi connectivity index (χ4n) is 3.64. The molecule has 0 amide bonds. The van der Waals surface area contributed by atoms with Gasteiger partial charge in [-0.25, -0.2) is 13.1 Å². The zero-order valence-electron chi connectivity index (χ0n) is 11.3. The van der Waals surface area contributed by atoms with E-state index in [1.807, 2.05) is 19.1 Å². The lowest BCUT2D eigenvalue weighted by molar-refractivity contribution is 0.333. The lowest BCUT2D eigenvalue weighted by atomic mass is 9.89. The van der Waals surface area contributed by atoms with Gasteiger partial charge < -0.3 is 0 Å². The van der Waals surface area contributed by atoms with E-state index in [-0.39, 0.29) is 0 Å². The van der Waals surface area contributed by atoms with Crippen LogP contribution in [0.1, 0.15) is 31.2 Å². The molecule has 1 N–H and O–H groups in total. The van der Waals surface area contributed by atoms with Crippen molar-refractivity contribution in [3.05, 3.63) is 29.8 Å². The molecule has 0 heterocycles. The Labute approximate surface area is 115 Å². The van der Waals surface area contributed by atoms with Gasteiger partial charge in [-0.05, 0) is 56.1 Å². The first kappa shape index (κ1) is 13.1. The summed E-state index contributed by atoms with van der Waals surface area (Å²) in [4.78, 5) is 0.376. The van der Waals surface area contributed by atoms with E-state index in [1.165, 1.54) is 25.7 Å². The van der Waals surface area contributed by atoms with E-state index in [0.717, 1.165) is 17.4 Å². The highest BCUT2D eigenvalue weighted by Gasteiger charge is 2.39. The smallest absolute Gasteiger partial charge is 0.211 e. The van der Waals surface area contributed by atoms with Gasteiger partial charge in [0, 0.05) is 6.54 Å². The molecule has 0 saturated heterocycles. The Kier molecular flexibility index (Phi) is 3.39. The van der Waals surface area contributed by atoms with Crippen LogP contribution < -0.4 is 4.72 Å². The Morgan fingerprint density at radius 2 is 1.89 bits per heavy atom. The number of hydrogen-bond acceptors (Lipinski definition) is 2. The summed E-state index contributed by atoms with van der Waals surface area (Å²) in [6.07, 6.45) is 5.17. The Morgan fingerprint density at radius 1 is 1.16 bits per heavy atom. The normalized spacial score (nSPS) is 29.8. The van der Waals surface area contributed by atoms with E-state index in [0.29, 0.717) is 17.4 Å². The van der Waals surface area contributed by atoms with Crippen LogP contribution in [-0.4, -0.2) is 15.0 Å². The van der Waals surface area contributed by atoms with Crippen molar-refractivity contribution < 1.29 is 8.42 Å². The minimum atomic E-state index is -3.33. The van der Waals surface area contributed by atoms with Crippen LogP contribution in [-0.2, 0) is 10.0 Å². The van der Waals surface area contributed by atoms with Gasteiger partial charge in [0.15, 0.2) is 0 Å². The number of nitrogens with one attached hydrogen (secondary N) is 1. The van der Waals surface area contributed by atoms with Gasteiger partial charge >= 0.3 is 0 Å². The molecule has 2 fully saturated rings. The van der Waals surface area contributed by atoms with Crippen molar-refractivity contribution in [3.63, 3.8) is 0 Å². The predicted molar refractivity (Wildman–Crippen MR) is 75.3 cm³/mol. The quantitative estimate of drug-likeness (QED) is 0.921. The lowest BCUT2D eigenvalue weighted by Crippen LogP contribution is -2.31. The molecule has 0 aromatic heterocycles. The van der Waals surface area contributed by atoms with Crippen LogP contribution in [0, 0.1) is 24.7 Å². The third-order valence-electron chi connectivity index (χ3n) is 4.75.